The third-order valence-electron chi connectivity index (χ3n) is 4.43. The number of pyridine rings is 1. The molecule has 0 bridgehead atoms. The molecule has 1 atom stereocenters. The van der Waals surface area contributed by atoms with Gasteiger partial charge in [-0.15, -0.1) is 35.0 Å². The topological polar surface area (TPSA) is 114 Å². The van der Waals surface area contributed by atoms with Gasteiger partial charge in [-0.3, -0.25) is 14.0 Å². The summed E-state index contributed by atoms with van der Waals surface area (Å²) in [6.45, 7) is 3.59. The van der Waals surface area contributed by atoms with E-state index in [-0.39, 0.29) is 49.1 Å². The lowest BCUT2D eigenvalue weighted by molar-refractivity contribution is -0.125. The van der Waals surface area contributed by atoms with E-state index in [2.05, 4.69) is 20.8 Å². The maximum Gasteiger partial charge on any atom is 0.243 e. The summed E-state index contributed by atoms with van der Waals surface area (Å²) in [4.78, 5) is 23.8. The Balaban J connectivity index is 0.00000225. The molecule has 4 N–H and O–H groups in total. The van der Waals surface area contributed by atoms with E-state index in [1.165, 1.54) is 0 Å². The molecule has 10 heteroatoms. The lowest BCUT2D eigenvalue weighted by Crippen LogP contribution is -2.46. The Hall–Kier alpha value is -2.68. The maximum absolute atomic E-state index is 12.0. The Kier molecular flexibility index (Phi) is 9.71. The van der Waals surface area contributed by atoms with E-state index in [0.29, 0.717) is 12.1 Å². The summed E-state index contributed by atoms with van der Waals surface area (Å²) in [7, 11) is 0. The van der Waals surface area contributed by atoms with Crippen LogP contribution in [0.15, 0.2) is 48.7 Å². The summed E-state index contributed by atoms with van der Waals surface area (Å²) in [5.74, 6) is 0.219. The summed E-state index contributed by atoms with van der Waals surface area (Å²) in [5.41, 5.74) is 8.26. The maximum atomic E-state index is 12.0. The van der Waals surface area contributed by atoms with Gasteiger partial charge in [0, 0.05) is 18.3 Å². The number of hydrogen-bond donors (Lipinski definition) is 3. The zero-order valence-electron chi connectivity index (χ0n) is 16.7. The van der Waals surface area contributed by atoms with Crippen LogP contribution < -0.4 is 16.4 Å². The number of halogens is 2. The molecule has 0 spiro atoms. The number of aromatic nitrogens is 3. The number of nitrogens with one attached hydrogen (secondary N) is 2. The van der Waals surface area contributed by atoms with E-state index in [1.54, 1.807) is 0 Å². The van der Waals surface area contributed by atoms with Crippen LogP contribution in [0.25, 0.3) is 5.65 Å². The average Bonchev–Trinajstić information content (AvgIpc) is 3.10. The molecule has 0 aliphatic carbocycles. The normalized spacial score (nSPS) is 11.3. The van der Waals surface area contributed by atoms with Crippen molar-refractivity contribution in [2.75, 3.05) is 11.9 Å². The van der Waals surface area contributed by atoms with Gasteiger partial charge in [-0.25, -0.2) is 0 Å². The summed E-state index contributed by atoms with van der Waals surface area (Å²) in [5, 5.41) is 13.7. The largest absolute Gasteiger partial charge is 0.346 e. The van der Waals surface area contributed by atoms with Crippen molar-refractivity contribution in [2.24, 2.45) is 11.7 Å². The monoisotopic (exact) mass is 452 g/mol. The Morgan fingerprint density at radius 3 is 2.43 bits per heavy atom. The number of rotatable bonds is 7. The third-order valence-corrected chi connectivity index (χ3v) is 4.43. The minimum absolute atomic E-state index is 0. The van der Waals surface area contributed by atoms with Crippen molar-refractivity contribution < 1.29 is 9.59 Å². The lowest BCUT2D eigenvalue weighted by Gasteiger charge is -2.15. The van der Waals surface area contributed by atoms with Crippen LogP contribution in [0, 0.1) is 5.92 Å². The Bertz CT molecular complexity index is 975. The molecule has 8 nitrogen and oxygen atoms in total. The van der Waals surface area contributed by atoms with Gasteiger partial charge in [-0.2, -0.15) is 0 Å². The average molecular weight is 453 g/mol. The quantitative estimate of drug-likeness (QED) is 0.508. The molecule has 2 amide bonds. The number of benzene rings is 1. The summed E-state index contributed by atoms with van der Waals surface area (Å²) >= 11 is 0. The molecule has 0 fully saturated rings. The molecule has 3 aromatic rings. The van der Waals surface area contributed by atoms with Gasteiger partial charge in [0.25, 0.3) is 0 Å². The smallest absolute Gasteiger partial charge is 0.243 e. The van der Waals surface area contributed by atoms with E-state index in [1.807, 2.05) is 66.9 Å². The van der Waals surface area contributed by atoms with Gasteiger partial charge in [0.1, 0.15) is 5.82 Å². The summed E-state index contributed by atoms with van der Waals surface area (Å²) in [6, 6.07) is 12.6. The van der Waals surface area contributed by atoms with E-state index in [4.69, 9.17) is 5.73 Å². The Morgan fingerprint density at radius 1 is 1.07 bits per heavy atom. The van der Waals surface area contributed by atoms with Crippen molar-refractivity contribution in [3.63, 3.8) is 0 Å². The van der Waals surface area contributed by atoms with E-state index in [0.717, 1.165) is 17.0 Å². The minimum atomic E-state index is -0.625. The number of amides is 2. The molecule has 162 valence electrons. The first-order chi connectivity index (χ1) is 13.4. The van der Waals surface area contributed by atoms with Crippen molar-refractivity contribution in [3.05, 3.63) is 60.0 Å². The van der Waals surface area contributed by atoms with Crippen molar-refractivity contribution in [1.29, 1.82) is 0 Å². The summed E-state index contributed by atoms with van der Waals surface area (Å²) < 4.78 is 1.94. The SMILES string of the molecule is CC(C)[C@H](N)C(=O)NCC(=O)Nc1ccc(Cc2nnc3ccccn23)cc1.Cl.Cl. The summed E-state index contributed by atoms with van der Waals surface area (Å²) in [6.07, 6.45) is 2.56. The predicted octanol–water partition coefficient (Wildman–Crippen LogP) is 2.20. The number of hydrogen-bond acceptors (Lipinski definition) is 5. The second-order valence-electron chi connectivity index (χ2n) is 6.95. The highest BCUT2D eigenvalue weighted by Gasteiger charge is 2.17. The van der Waals surface area contributed by atoms with E-state index >= 15 is 0 Å². The van der Waals surface area contributed by atoms with Crippen molar-refractivity contribution in [1.82, 2.24) is 19.9 Å². The highest BCUT2D eigenvalue weighted by atomic mass is 35.5. The molecule has 30 heavy (non-hydrogen) atoms. The molecular weight excluding hydrogens is 427 g/mol. The van der Waals surface area contributed by atoms with Gasteiger partial charge < -0.3 is 16.4 Å². The number of nitrogens with zero attached hydrogens (tertiary/aromatic N) is 3. The molecule has 2 heterocycles. The standard InChI is InChI=1S/C20H24N6O2.2ClH/c1-13(2)19(21)20(28)22-12-18(27)23-15-8-6-14(7-9-15)11-17-25-24-16-5-3-4-10-26(16)17;;/h3-10,13,19H,11-12,21H2,1-2H3,(H,22,28)(H,23,27);2*1H/t19-;;/m0../s1. The first-order valence-electron chi connectivity index (χ1n) is 9.15. The fourth-order valence-electron chi connectivity index (χ4n) is 2.69. The molecule has 0 aliphatic heterocycles. The van der Waals surface area contributed by atoms with Crippen molar-refractivity contribution in [2.45, 2.75) is 26.3 Å². The molecule has 3 rings (SSSR count). The third kappa shape index (κ3) is 6.41. The number of fused-ring (bicyclic) bond motifs is 1. The van der Waals surface area contributed by atoms with Crippen LogP contribution in [0.4, 0.5) is 5.69 Å². The molecule has 0 saturated heterocycles. The molecule has 0 unspecified atom stereocenters. The molecular formula is C20H26Cl2N6O2. The molecule has 0 aliphatic rings. The van der Waals surface area contributed by atoms with Crippen LogP contribution >= 0.6 is 24.8 Å². The van der Waals surface area contributed by atoms with Crippen LogP contribution in [-0.2, 0) is 16.0 Å². The first kappa shape index (κ1) is 25.4. The van der Waals surface area contributed by atoms with Crippen LogP contribution in [0.2, 0.25) is 0 Å². The fourth-order valence-corrected chi connectivity index (χ4v) is 2.69. The second kappa shape index (κ2) is 11.5. The lowest BCUT2D eigenvalue weighted by atomic mass is 10.1. The molecule has 0 saturated carbocycles. The van der Waals surface area contributed by atoms with Crippen molar-refractivity contribution in [3.8, 4) is 0 Å². The number of anilines is 1. The van der Waals surface area contributed by atoms with Crippen molar-refractivity contribution >= 4 is 48.0 Å². The predicted molar refractivity (Wildman–Crippen MR) is 121 cm³/mol. The number of carbonyl (C=O) groups excluding carboxylic acids is 2. The van der Waals surface area contributed by atoms with Crippen LogP contribution in [0.3, 0.4) is 0 Å². The van der Waals surface area contributed by atoms with E-state index < -0.39 is 6.04 Å². The van der Waals surface area contributed by atoms with Gasteiger partial charge in [0.05, 0.1) is 12.6 Å². The highest BCUT2D eigenvalue weighted by molar-refractivity contribution is 5.95. The molecule has 2 aromatic heterocycles. The van der Waals surface area contributed by atoms with Gasteiger partial charge in [-0.1, -0.05) is 32.0 Å². The minimum Gasteiger partial charge on any atom is -0.346 e. The van der Waals surface area contributed by atoms with E-state index in [9.17, 15) is 9.59 Å². The van der Waals surface area contributed by atoms with Gasteiger partial charge in [0.15, 0.2) is 5.65 Å². The molecule has 1 aromatic carbocycles. The van der Waals surface area contributed by atoms with Gasteiger partial charge in [-0.05, 0) is 35.7 Å². The zero-order valence-corrected chi connectivity index (χ0v) is 18.4. The fraction of sp³-hybridized carbons (Fsp3) is 0.300. The molecule has 0 radical (unpaired) electrons. The van der Waals surface area contributed by atoms with Gasteiger partial charge >= 0.3 is 0 Å². The van der Waals surface area contributed by atoms with Crippen LogP contribution in [0.1, 0.15) is 25.2 Å². The Morgan fingerprint density at radius 2 is 1.77 bits per heavy atom. The highest BCUT2D eigenvalue weighted by Crippen LogP contribution is 2.13. The Labute approximate surface area is 187 Å². The zero-order chi connectivity index (χ0) is 20.1. The van der Waals surface area contributed by atoms with Crippen LogP contribution in [0.5, 0.6) is 0 Å². The van der Waals surface area contributed by atoms with Gasteiger partial charge in [0.2, 0.25) is 11.8 Å². The van der Waals surface area contributed by atoms with Crippen LogP contribution in [-0.4, -0.2) is 39.0 Å². The number of nitrogens with two attached hydrogens (primary N) is 1. The number of carbonyl (C=O) groups is 2. The second-order valence-corrected chi connectivity index (χ2v) is 6.95. The first-order valence-corrected chi connectivity index (χ1v) is 9.15.